The Morgan fingerprint density at radius 1 is 1.47 bits per heavy atom. The first-order chi connectivity index (χ1) is 7.06. The predicted molar refractivity (Wildman–Crippen MR) is 55.7 cm³/mol. The van der Waals surface area contributed by atoms with Gasteiger partial charge in [-0.15, -0.1) is 0 Å². The minimum absolute atomic E-state index is 0.0552. The molecule has 0 aliphatic rings. The number of fused-ring (bicyclic) bond motifs is 1. The monoisotopic (exact) mass is 206 g/mol. The van der Waals surface area contributed by atoms with Gasteiger partial charge in [-0.1, -0.05) is 0 Å². The molecule has 0 fully saturated rings. The number of H-pyrrole nitrogens is 1. The Morgan fingerprint density at radius 3 is 2.87 bits per heavy atom. The van der Waals surface area contributed by atoms with E-state index < -0.39 is 5.97 Å². The van der Waals surface area contributed by atoms with Crippen LogP contribution in [0, 0.1) is 0 Å². The smallest absolute Gasteiger partial charge is 0.309 e. The van der Waals surface area contributed by atoms with Crippen LogP contribution in [0.3, 0.4) is 0 Å². The van der Waals surface area contributed by atoms with E-state index in [0.29, 0.717) is 22.5 Å². The van der Waals surface area contributed by atoms with Crippen molar-refractivity contribution in [1.29, 1.82) is 0 Å². The number of nitrogens with two attached hydrogens (primary N) is 1. The summed E-state index contributed by atoms with van der Waals surface area (Å²) in [6.45, 7) is 1.31. The standard InChI is InChI=1S/C10H10N2O3/c1-5(13)15-10-4-7-8(12-10)2-6(11)3-9(7)14/h2-4,12,14H,11H2,1H3. The molecular weight excluding hydrogens is 196 g/mol. The molecule has 5 heteroatoms. The summed E-state index contributed by atoms with van der Waals surface area (Å²) >= 11 is 0. The number of aromatic amines is 1. The molecule has 0 unspecified atom stereocenters. The number of hydrogen-bond acceptors (Lipinski definition) is 4. The summed E-state index contributed by atoms with van der Waals surface area (Å²) in [5.74, 6) is -0.0768. The van der Waals surface area contributed by atoms with Crippen molar-refractivity contribution in [3.8, 4) is 11.6 Å². The van der Waals surface area contributed by atoms with E-state index in [9.17, 15) is 9.90 Å². The van der Waals surface area contributed by atoms with Crippen molar-refractivity contribution in [3.05, 3.63) is 18.2 Å². The van der Waals surface area contributed by atoms with E-state index in [2.05, 4.69) is 4.98 Å². The van der Waals surface area contributed by atoms with Crippen molar-refractivity contribution in [2.24, 2.45) is 0 Å². The summed E-state index contributed by atoms with van der Waals surface area (Å²) in [4.78, 5) is 13.5. The number of nitrogens with one attached hydrogen (secondary N) is 1. The average molecular weight is 206 g/mol. The Bertz CT molecular complexity index is 531. The number of benzene rings is 1. The van der Waals surface area contributed by atoms with Gasteiger partial charge in [0.1, 0.15) is 5.75 Å². The zero-order chi connectivity index (χ0) is 11.0. The number of nitrogen functional groups attached to an aromatic ring is 1. The molecule has 1 heterocycles. The lowest BCUT2D eigenvalue weighted by atomic mass is 10.2. The average Bonchev–Trinajstić information content (AvgIpc) is 2.45. The summed E-state index contributed by atoms with van der Waals surface area (Å²) in [5, 5.41) is 10.1. The van der Waals surface area contributed by atoms with Gasteiger partial charge in [-0.2, -0.15) is 0 Å². The molecule has 78 valence electrons. The van der Waals surface area contributed by atoms with E-state index in [0.717, 1.165) is 0 Å². The molecule has 0 bridgehead atoms. The van der Waals surface area contributed by atoms with Crippen molar-refractivity contribution in [2.45, 2.75) is 6.92 Å². The van der Waals surface area contributed by atoms with Crippen molar-refractivity contribution in [3.63, 3.8) is 0 Å². The molecule has 0 saturated carbocycles. The van der Waals surface area contributed by atoms with Crippen LogP contribution in [0.5, 0.6) is 11.6 Å². The van der Waals surface area contributed by atoms with Crippen LogP contribution in [0.2, 0.25) is 0 Å². The third kappa shape index (κ3) is 1.71. The second kappa shape index (κ2) is 3.20. The van der Waals surface area contributed by atoms with E-state index >= 15 is 0 Å². The maximum Gasteiger partial charge on any atom is 0.309 e. The SMILES string of the molecule is CC(=O)Oc1cc2c(O)cc(N)cc2[nH]1. The molecule has 0 spiro atoms. The molecule has 2 rings (SSSR count). The Kier molecular flexibility index (Phi) is 2.00. The summed E-state index contributed by atoms with van der Waals surface area (Å²) in [6.07, 6.45) is 0. The highest BCUT2D eigenvalue weighted by atomic mass is 16.5. The summed E-state index contributed by atoms with van der Waals surface area (Å²) in [7, 11) is 0. The Balaban J connectivity index is 2.55. The molecule has 0 aliphatic heterocycles. The molecule has 1 aromatic heterocycles. The van der Waals surface area contributed by atoms with Gasteiger partial charge in [0, 0.05) is 30.1 Å². The lowest BCUT2D eigenvalue weighted by Crippen LogP contribution is -2.00. The van der Waals surface area contributed by atoms with Gasteiger partial charge in [0.2, 0.25) is 5.88 Å². The fourth-order valence-electron chi connectivity index (χ4n) is 1.42. The van der Waals surface area contributed by atoms with Crippen LogP contribution in [-0.2, 0) is 4.79 Å². The quantitative estimate of drug-likeness (QED) is 0.485. The minimum atomic E-state index is -0.422. The largest absolute Gasteiger partial charge is 0.507 e. The number of rotatable bonds is 1. The minimum Gasteiger partial charge on any atom is -0.507 e. The topological polar surface area (TPSA) is 88.3 Å². The number of phenols is 1. The van der Waals surface area contributed by atoms with Gasteiger partial charge in [0.05, 0.1) is 5.52 Å². The third-order valence-corrected chi connectivity index (χ3v) is 1.97. The van der Waals surface area contributed by atoms with Gasteiger partial charge in [0.15, 0.2) is 0 Å². The van der Waals surface area contributed by atoms with Crippen LogP contribution in [0.4, 0.5) is 5.69 Å². The number of aromatic nitrogens is 1. The van der Waals surface area contributed by atoms with Crippen LogP contribution >= 0.6 is 0 Å². The number of anilines is 1. The van der Waals surface area contributed by atoms with Gasteiger partial charge in [-0.05, 0) is 6.07 Å². The molecule has 0 amide bonds. The molecular formula is C10H10N2O3. The third-order valence-electron chi connectivity index (χ3n) is 1.97. The first kappa shape index (κ1) is 9.39. The number of hydrogen-bond donors (Lipinski definition) is 3. The highest BCUT2D eigenvalue weighted by Gasteiger charge is 2.08. The zero-order valence-electron chi connectivity index (χ0n) is 8.07. The lowest BCUT2D eigenvalue weighted by molar-refractivity contribution is -0.132. The second-order valence-corrected chi connectivity index (χ2v) is 3.23. The molecule has 0 saturated heterocycles. The van der Waals surface area contributed by atoms with Gasteiger partial charge in [0.25, 0.3) is 0 Å². The highest BCUT2D eigenvalue weighted by Crippen LogP contribution is 2.30. The maximum atomic E-state index is 10.7. The molecule has 0 radical (unpaired) electrons. The molecule has 4 N–H and O–H groups in total. The fourth-order valence-corrected chi connectivity index (χ4v) is 1.42. The molecule has 15 heavy (non-hydrogen) atoms. The van der Waals surface area contributed by atoms with Crippen LogP contribution in [0.25, 0.3) is 10.9 Å². The number of ether oxygens (including phenoxy) is 1. The number of carbonyl (C=O) groups is 1. The van der Waals surface area contributed by atoms with Crippen LogP contribution in [0.15, 0.2) is 18.2 Å². The zero-order valence-corrected chi connectivity index (χ0v) is 8.07. The summed E-state index contributed by atoms with van der Waals surface area (Å²) < 4.78 is 4.85. The van der Waals surface area contributed by atoms with E-state index in [1.807, 2.05) is 0 Å². The molecule has 1 aromatic carbocycles. The normalized spacial score (nSPS) is 10.5. The predicted octanol–water partition coefficient (Wildman–Crippen LogP) is 1.38. The van der Waals surface area contributed by atoms with E-state index in [4.69, 9.17) is 10.5 Å². The molecule has 0 atom stereocenters. The summed E-state index contributed by atoms with van der Waals surface area (Å²) in [5.41, 5.74) is 6.62. The Hall–Kier alpha value is -2.17. The lowest BCUT2D eigenvalue weighted by Gasteiger charge is -1.96. The van der Waals surface area contributed by atoms with Crippen LogP contribution in [-0.4, -0.2) is 16.1 Å². The van der Waals surface area contributed by atoms with E-state index in [1.165, 1.54) is 13.0 Å². The highest BCUT2D eigenvalue weighted by molar-refractivity contribution is 5.90. The molecule has 2 aromatic rings. The first-order valence-corrected chi connectivity index (χ1v) is 4.36. The number of aromatic hydroxyl groups is 1. The van der Waals surface area contributed by atoms with Crippen LogP contribution < -0.4 is 10.5 Å². The first-order valence-electron chi connectivity index (χ1n) is 4.36. The van der Waals surface area contributed by atoms with Gasteiger partial charge >= 0.3 is 5.97 Å². The molecule has 0 aliphatic carbocycles. The van der Waals surface area contributed by atoms with Crippen molar-refractivity contribution >= 4 is 22.6 Å². The number of carbonyl (C=O) groups excluding carboxylic acids is 1. The summed E-state index contributed by atoms with van der Waals surface area (Å²) in [6, 6.07) is 4.64. The molecule has 5 nitrogen and oxygen atoms in total. The maximum absolute atomic E-state index is 10.7. The Morgan fingerprint density at radius 2 is 2.20 bits per heavy atom. The van der Waals surface area contributed by atoms with E-state index in [-0.39, 0.29) is 5.75 Å². The van der Waals surface area contributed by atoms with E-state index in [1.54, 1.807) is 12.1 Å². The number of esters is 1. The number of phenolic OH excluding ortho intramolecular Hbond substituents is 1. The Labute approximate surface area is 85.5 Å². The van der Waals surface area contributed by atoms with Crippen molar-refractivity contribution in [1.82, 2.24) is 4.98 Å². The van der Waals surface area contributed by atoms with Crippen LogP contribution in [0.1, 0.15) is 6.92 Å². The van der Waals surface area contributed by atoms with Gasteiger partial charge in [-0.25, -0.2) is 0 Å². The van der Waals surface area contributed by atoms with Gasteiger partial charge < -0.3 is 20.6 Å². The van der Waals surface area contributed by atoms with Gasteiger partial charge in [-0.3, -0.25) is 4.79 Å². The van der Waals surface area contributed by atoms with Crippen molar-refractivity contribution < 1.29 is 14.6 Å². The fraction of sp³-hybridized carbons (Fsp3) is 0.100. The second-order valence-electron chi connectivity index (χ2n) is 3.23. The van der Waals surface area contributed by atoms with Crippen molar-refractivity contribution in [2.75, 3.05) is 5.73 Å².